The molecule has 0 N–H and O–H groups in total. The molecule has 0 saturated heterocycles. The smallest absolute Gasteiger partial charge is 0.185 e. The lowest BCUT2D eigenvalue weighted by molar-refractivity contribution is 0.104. The van der Waals surface area contributed by atoms with Crippen molar-refractivity contribution in [3.63, 3.8) is 0 Å². The monoisotopic (exact) mass is 279 g/mol. The number of ketones is 1. The summed E-state index contributed by atoms with van der Waals surface area (Å²) in [7, 11) is 1.52. The van der Waals surface area contributed by atoms with Crippen molar-refractivity contribution in [1.29, 1.82) is 0 Å². The lowest BCUT2D eigenvalue weighted by Gasteiger charge is -2.05. The maximum Gasteiger partial charge on any atom is 0.185 e. The minimum absolute atomic E-state index is 0.0863. The molecule has 0 aliphatic rings. The average Bonchev–Trinajstić information content (AvgIpc) is 2.54. The van der Waals surface area contributed by atoms with Gasteiger partial charge in [0.2, 0.25) is 0 Å². The molecular weight excluding hydrogens is 266 g/mol. The van der Waals surface area contributed by atoms with Crippen molar-refractivity contribution < 1.29 is 9.53 Å². The quantitative estimate of drug-likeness (QED) is 0.265. The average molecular weight is 279 g/mol. The first-order valence-corrected chi connectivity index (χ1v) is 6.25. The third kappa shape index (κ3) is 3.72. The predicted molar refractivity (Wildman–Crippen MR) is 81.6 cm³/mol. The zero-order chi connectivity index (χ0) is 15.1. The van der Waals surface area contributed by atoms with Gasteiger partial charge >= 0.3 is 0 Å². The zero-order valence-electron chi connectivity index (χ0n) is 11.4. The van der Waals surface area contributed by atoms with E-state index in [2.05, 4.69) is 10.0 Å². The number of carbonyl (C=O) groups excluding carboxylic acids is 1. The molecule has 0 radical (unpaired) electrons. The van der Waals surface area contributed by atoms with Crippen LogP contribution in [0.15, 0.2) is 59.7 Å². The summed E-state index contributed by atoms with van der Waals surface area (Å²) >= 11 is 0. The van der Waals surface area contributed by atoms with Crippen molar-refractivity contribution in [2.24, 2.45) is 5.11 Å². The van der Waals surface area contributed by atoms with Gasteiger partial charge in [-0.1, -0.05) is 47.6 Å². The third-order valence-corrected chi connectivity index (χ3v) is 2.85. The van der Waals surface area contributed by atoms with Crippen LogP contribution >= 0.6 is 0 Å². The largest absolute Gasteiger partial charge is 0.496 e. The standard InChI is InChI=1S/C16H13N3O2/c1-21-16-11-14(18-19-17)9-7-13(16)8-10-15(20)12-5-3-2-4-6-12/h2-11H,1H3. The molecule has 0 heterocycles. The molecule has 0 aliphatic carbocycles. The lowest BCUT2D eigenvalue weighted by atomic mass is 10.1. The van der Waals surface area contributed by atoms with Gasteiger partial charge in [0.25, 0.3) is 0 Å². The first-order chi connectivity index (χ1) is 10.2. The van der Waals surface area contributed by atoms with Gasteiger partial charge in [-0.15, -0.1) is 0 Å². The van der Waals surface area contributed by atoms with E-state index in [0.29, 0.717) is 17.0 Å². The van der Waals surface area contributed by atoms with Gasteiger partial charge in [-0.2, -0.15) is 0 Å². The summed E-state index contributed by atoms with van der Waals surface area (Å²) in [6.45, 7) is 0. The van der Waals surface area contributed by atoms with Crippen LogP contribution in [0.3, 0.4) is 0 Å². The summed E-state index contributed by atoms with van der Waals surface area (Å²) < 4.78 is 5.22. The molecule has 0 saturated carbocycles. The molecule has 2 rings (SSSR count). The molecule has 0 spiro atoms. The van der Waals surface area contributed by atoms with E-state index in [9.17, 15) is 4.79 Å². The van der Waals surface area contributed by atoms with Crippen LogP contribution in [-0.2, 0) is 0 Å². The van der Waals surface area contributed by atoms with Crippen molar-refractivity contribution in [3.8, 4) is 5.75 Å². The highest BCUT2D eigenvalue weighted by atomic mass is 16.5. The van der Waals surface area contributed by atoms with E-state index in [1.54, 1.807) is 36.4 Å². The van der Waals surface area contributed by atoms with Gasteiger partial charge in [0, 0.05) is 21.7 Å². The SMILES string of the molecule is COc1cc(N=[N+]=[N-])ccc1C=CC(=O)c1ccccc1. The number of methoxy groups -OCH3 is 1. The fraction of sp³-hybridized carbons (Fsp3) is 0.0625. The van der Waals surface area contributed by atoms with Gasteiger partial charge < -0.3 is 4.74 Å². The van der Waals surface area contributed by atoms with Crippen LogP contribution in [0.1, 0.15) is 15.9 Å². The van der Waals surface area contributed by atoms with Crippen molar-refractivity contribution in [2.45, 2.75) is 0 Å². The van der Waals surface area contributed by atoms with Crippen molar-refractivity contribution in [3.05, 3.63) is 76.2 Å². The van der Waals surface area contributed by atoms with E-state index in [-0.39, 0.29) is 5.78 Å². The maximum absolute atomic E-state index is 12.0. The topological polar surface area (TPSA) is 75.1 Å². The molecule has 0 aromatic heterocycles. The summed E-state index contributed by atoms with van der Waals surface area (Å²) in [4.78, 5) is 14.7. The van der Waals surface area contributed by atoms with Gasteiger partial charge in [-0.05, 0) is 23.7 Å². The number of nitrogens with zero attached hydrogens (tertiary/aromatic N) is 3. The van der Waals surface area contributed by atoms with E-state index in [1.807, 2.05) is 18.2 Å². The van der Waals surface area contributed by atoms with E-state index in [0.717, 1.165) is 5.56 Å². The van der Waals surface area contributed by atoms with Gasteiger partial charge in [0.05, 0.1) is 7.11 Å². The number of hydrogen-bond donors (Lipinski definition) is 0. The molecule has 2 aromatic rings. The second-order valence-corrected chi connectivity index (χ2v) is 4.18. The second-order valence-electron chi connectivity index (χ2n) is 4.18. The summed E-state index contributed by atoms with van der Waals surface area (Å²) in [6.07, 6.45) is 3.16. The van der Waals surface area contributed by atoms with Gasteiger partial charge in [0.1, 0.15) is 5.75 Å². The number of benzene rings is 2. The molecule has 0 aliphatic heterocycles. The van der Waals surface area contributed by atoms with Crippen molar-refractivity contribution >= 4 is 17.5 Å². The molecule has 104 valence electrons. The molecule has 21 heavy (non-hydrogen) atoms. The summed E-state index contributed by atoms with van der Waals surface area (Å²) in [5.74, 6) is 0.453. The van der Waals surface area contributed by atoms with Crippen LogP contribution < -0.4 is 4.74 Å². The molecule has 0 unspecified atom stereocenters. The predicted octanol–water partition coefficient (Wildman–Crippen LogP) is 4.53. The fourth-order valence-electron chi connectivity index (χ4n) is 1.82. The second kappa shape index (κ2) is 6.93. The van der Waals surface area contributed by atoms with Crippen LogP contribution in [0.5, 0.6) is 5.75 Å². The normalized spacial score (nSPS) is 10.1. The molecule has 0 amide bonds. The Morgan fingerprint density at radius 2 is 2.00 bits per heavy atom. The van der Waals surface area contributed by atoms with Crippen molar-refractivity contribution in [2.75, 3.05) is 7.11 Å². The Kier molecular flexibility index (Phi) is 4.75. The molecule has 5 nitrogen and oxygen atoms in total. The summed E-state index contributed by atoms with van der Waals surface area (Å²) in [6, 6.07) is 14.0. The van der Waals surface area contributed by atoms with Crippen molar-refractivity contribution in [1.82, 2.24) is 0 Å². The highest BCUT2D eigenvalue weighted by molar-refractivity contribution is 6.06. The molecular formula is C16H13N3O2. The Morgan fingerprint density at radius 1 is 1.24 bits per heavy atom. The number of azide groups is 1. The highest BCUT2D eigenvalue weighted by Crippen LogP contribution is 2.26. The Balaban J connectivity index is 2.24. The van der Waals surface area contributed by atoms with E-state index in [4.69, 9.17) is 10.3 Å². The van der Waals surface area contributed by atoms with E-state index in [1.165, 1.54) is 13.2 Å². The minimum Gasteiger partial charge on any atom is -0.496 e. The molecule has 0 bridgehead atoms. The fourth-order valence-corrected chi connectivity index (χ4v) is 1.82. The Hall–Kier alpha value is -3.04. The summed E-state index contributed by atoms with van der Waals surface area (Å²) in [5.41, 5.74) is 10.2. The number of allylic oxidation sites excluding steroid dienone is 1. The van der Waals surface area contributed by atoms with E-state index >= 15 is 0 Å². The minimum atomic E-state index is -0.0863. The Morgan fingerprint density at radius 3 is 2.67 bits per heavy atom. The van der Waals surface area contributed by atoms with Crippen LogP contribution in [-0.4, -0.2) is 12.9 Å². The number of hydrogen-bond acceptors (Lipinski definition) is 3. The maximum atomic E-state index is 12.0. The van der Waals surface area contributed by atoms with Crippen LogP contribution in [0.25, 0.3) is 16.5 Å². The van der Waals surface area contributed by atoms with Crippen LogP contribution in [0.4, 0.5) is 5.69 Å². The Labute approximate surface area is 122 Å². The first kappa shape index (κ1) is 14.4. The van der Waals surface area contributed by atoms with Gasteiger partial charge in [-0.25, -0.2) is 0 Å². The Bertz CT molecular complexity index is 718. The number of rotatable bonds is 5. The third-order valence-electron chi connectivity index (χ3n) is 2.85. The van der Waals surface area contributed by atoms with E-state index < -0.39 is 0 Å². The first-order valence-electron chi connectivity index (χ1n) is 6.25. The molecule has 2 aromatic carbocycles. The lowest BCUT2D eigenvalue weighted by Crippen LogP contribution is -1.93. The number of ether oxygens (including phenoxy) is 1. The van der Waals surface area contributed by atoms with Crippen LogP contribution in [0.2, 0.25) is 0 Å². The zero-order valence-corrected chi connectivity index (χ0v) is 11.4. The van der Waals surface area contributed by atoms with Gasteiger partial charge in [0.15, 0.2) is 5.78 Å². The molecule has 5 heteroatoms. The highest BCUT2D eigenvalue weighted by Gasteiger charge is 2.03. The summed E-state index contributed by atoms with van der Waals surface area (Å²) in [5, 5.41) is 3.51. The molecule has 0 atom stereocenters. The number of carbonyl (C=O) groups is 1. The molecule has 0 fully saturated rings. The van der Waals surface area contributed by atoms with Gasteiger partial charge in [-0.3, -0.25) is 4.79 Å². The van der Waals surface area contributed by atoms with Crippen LogP contribution in [0, 0.1) is 0 Å².